The molecule has 1 heterocycles. The molecule has 0 saturated carbocycles. The summed E-state index contributed by atoms with van der Waals surface area (Å²) in [5, 5.41) is 2.02. The van der Waals surface area contributed by atoms with Crippen LogP contribution in [0.2, 0.25) is 0 Å². The molecule has 4 heteroatoms. The molecule has 0 spiro atoms. The van der Waals surface area contributed by atoms with Gasteiger partial charge < -0.3 is 4.90 Å². The zero-order valence-electron chi connectivity index (χ0n) is 10.9. The normalized spacial score (nSPS) is 17.6. The Morgan fingerprint density at radius 2 is 1.83 bits per heavy atom. The zero-order chi connectivity index (χ0) is 12.8. The predicted octanol–water partition coefficient (Wildman–Crippen LogP) is 0.898. The number of piperazine rings is 1. The Hall–Kier alpha value is -1.39. The van der Waals surface area contributed by atoms with E-state index in [-0.39, 0.29) is 5.91 Å². The molecule has 98 valence electrons. The highest BCUT2D eigenvalue weighted by Gasteiger charge is 2.15. The molecule has 1 aromatic carbocycles. The van der Waals surface area contributed by atoms with Crippen LogP contribution in [0.4, 0.5) is 0 Å². The van der Waals surface area contributed by atoms with Crippen LogP contribution in [0.15, 0.2) is 30.3 Å². The van der Waals surface area contributed by atoms with Crippen LogP contribution in [-0.4, -0.2) is 49.0 Å². The average molecular weight is 247 g/mol. The average Bonchev–Trinajstić information content (AvgIpc) is 2.40. The van der Waals surface area contributed by atoms with E-state index in [0.29, 0.717) is 6.42 Å². The number of hydrazine groups is 1. The topological polar surface area (TPSA) is 35.6 Å². The van der Waals surface area contributed by atoms with Gasteiger partial charge in [0.25, 0.3) is 0 Å². The Balaban J connectivity index is 1.69. The molecule has 2 rings (SSSR count). The van der Waals surface area contributed by atoms with Crippen molar-refractivity contribution >= 4 is 5.91 Å². The van der Waals surface area contributed by atoms with Gasteiger partial charge in [0.1, 0.15) is 0 Å². The summed E-state index contributed by atoms with van der Waals surface area (Å²) < 4.78 is 0. The van der Waals surface area contributed by atoms with Gasteiger partial charge in [0, 0.05) is 32.6 Å². The molecule has 1 N–H and O–H groups in total. The van der Waals surface area contributed by atoms with Crippen molar-refractivity contribution in [2.75, 3.05) is 33.2 Å². The lowest BCUT2D eigenvalue weighted by atomic mass is 10.1. The summed E-state index contributed by atoms with van der Waals surface area (Å²) in [6.07, 6.45) is 1.36. The Kier molecular flexibility index (Phi) is 4.73. The second kappa shape index (κ2) is 6.52. The quantitative estimate of drug-likeness (QED) is 0.858. The van der Waals surface area contributed by atoms with E-state index in [0.717, 1.165) is 32.6 Å². The lowest BCUT2D eigenvalue weighted by Gasteiger charge is -2.32. The van der Waals surface area contributed by atoms with Crippen LogP contribution in [0.1, 0.15) is 12.0 Å². The number of likely N-dealkylation sites (N-methyl/N-ethyl adjacent to an activating group) is 1. The van der Waals surface area contributed by atoms with Crippen molar-refractivity contribution in [3.63, 3.8) is 0 Å². The van der Waals surface area contributed by atoms with Gasteiger partial charge in [0.15, 0.2) is 0 Å². The van der Waals surface area contributed by atoms with Gasteiger partial charge in [-0.3, -0.25) is 10.2 Å². The third-order valence-corrected chi connectivity index (χ3v) is 3.27. The smallest absolute Gasteiger partial charge is 0.234 e. The summed E-state index contributed by atoms with van der Waals surface area (Å²) in [5.74, 6) is 0.114. The van der Waals surface area contributed by atoms with Crippen LogP contribution in [0.25, 0.3) is 0 Å². The maximum atomic E-state index is 11.8. The first-order valence-corrected chi connectivity index (χ1v) is 6.51. The van der Waals surface area contributed by atoms with Crippen molar-refractivity contribution in [2.45, 2.75) is 12.8 Å². The number of hydrogen-bond donors (Lipinski definition) is 1. The first kappa shape index (κ1) is 13.1. The number of rotatable bonds is 4. The van der Waals surface area contributed by atoms with Crippen LogP contribution in [0.5, 0.6) is 0 Å². The number of carbonyl (C=O) groups excluding carboxylic acids is 1. The van der Waals surface area contributed by atoms with Gasteiger partial charge in [0.2, 0.25) is 5.91 Å². The number of amides is 1. The summed E-state index contributed by atoms with van der Waals surface area (Å²) in [5.41, 5.74) is 4.19. The molecular formula is C14H21N3O. The van der Waals surface area contributed by atoms with E-state index in [4.69, 9.17) is 0 Å². The fraction of sp³-hybridized carbons (Fsp3) is 0.500. The molecule has 1 aliphatic heterocycles. The Bertz CT molecular complexity index is 372. The number of nitrogens with zero attached hydrogens (tertiary/aromatic N) is 2. The standard InChI is InChI=1S/C14H21N3O/c1-16-9-11-17(12-10-16)15-14(18)8-7-13-5-3-2-4-6-13/h2-6H,7-12H2,1H3,(H,15,18). The molecule has 18 heavy (non-hydrogen) atoms. The maximum absolute atomic E-state index is 11.8. The number of hydrogen-bond acceptors (Lipinski definition) is 3. The van der Waals surface area contributed by atoms with Gasteiger partial charge in [-0.2, -0.15) is 0 Å². The number of nitrogens with one attached hydrogen (secondary N) is 1. The molecule has 0 atom stereocenters. The molecule has 1 aromatic rings. The van der Waals surface area contributed by atoms with Crippen molar-refractivity contribution in [1.29, 1.82) is 0 Å². The molecular weight excluding hydrogens is 226 g/mol. The Morgan fingerprint density at radius 1 is 1.17 bits per heavy atom. The van der Waals surface area contributed by atoms with Crippen LogP contribution in [0.3, 0.4) is 0 Å². The van der Waals surface area contributed by atoms with Gasteiger partial charge >= 0.3 is 0 Å². The number of benzene rings is 1. The van der Waals surface area contributed by atoms with Crippen molar-refractivity contribution in [3.8, 4) is 0 Å². The van der Waals surface area contributed by atoms with Crippen molar-refractivity contribution in [3.05, 3.63) is 35.9 Å². The first-order valence-electron chi connectivity index (χ1n) is 6.51. The highest BCUT2D eigenvalue weighted by molar-refractivity contribution is 5.75. The molecule has 0 unspecified atom stereocenters. The largest absolute Gasteiger partial charge is 0.304 e. The summed E-state index contributed by atoms with van der Waals surface area (Å²) in [4.78, 5) is 14.1. The van der Waals surface area contributed by atoms with Crippen molar-refractivity contribution < 1.29 is 4.79 Å². The maximum Gasteiger partial charge on any atom is 0.234 e. The lowest BCUT2D eigenvalue weighted by Crippen LogP contribution is -2.52. The van der Waals surface area contributed by atoms with E-state index in [9.17, 15) is 4.79 Å². The molecule has 4 nitrogen and oxygen atoms in total. The van der Waals surface area contributed by atoms with Crippen LogP contribution >= 0.6 is 0 Å². The van der Waals surface area contributed by atoms with Crippen LogP contribution in [-0.2, 0) is 11.2 Å². The van der Waals surface area contributed by atoms with Crippen molar-refractivity contribution in [2.24, 2.45) is 0 Å². The van der Waals surface area contributed by atoms with Gasteiger partial charge in [-0.25, -0.2) is 5.01 Å². The third-order valence-electron chi connectivity index (χ3n) is 3.27. The minimum absolute atomic E-state index is 0.114. The summed E-state index contributed by atoms with van der Waals surface area (Å²) in [6, 6.07) is 10.1. The van der Waals surface area contributed by atoms with Crippen LogP contribution < -0.4 is 5.43 Å². The van der Waals surface area contributed by atoms with E-state index in [1.54, 1.807) is 0 Å². The SMILES string of the molecule is CN1CCN(NC(=O)CCc2ccccc2)CC1. The number of carbonyl (C=O) groups is 1. The zero-order valence-corrected chi connectivity index (χ0v) is 10.9. The predicted molar refractivity (Wildman–Crippen MR) is 72.0 cm³/mol. The number of aryl methyl sites for hydroxylation is 1. The Morgan fingerprint density at radius 3 is 2.50 bits per heavy atom. The molecule has 1 amide bonds. The monoisotopic (exact) mass is 247 g/mol. The Labute approximate surface area is 109 Å². The molecule has 1 aliphatic rings. The van der Waals surface area contributed by atoms with E-state index >= 15 is 0 Å². The molecule has 0 aliphatic carbocycles. The van der Waals surface area contributed by atoms with Crippen molar-refractivity contribution in [1.82, 2.24) is 15.3 Å². The fourth-order valence-electron chi connectivity index (χ4n) is 2.05. The summed E-state index contributed by atoms with van der Waals surface area (Å²) in [7, 11) is 2.11. The molecule has 0 bridgehead atoms. The van der Waals surface area contributed by atoms with Gasteiger partial charge in [0.05, 0.1) is 0 Å². The minimum atomic E-state index is 0.114. The van der Waals surface area contributed by atoms with Gasteiger partial charge in [-0.05, 0) is 19.0 Å². The van der Waals surface area contributed by atoms with Gasteiger partial charge in [-0.15, -0.1) is 0 Å². The highest BCUT2D eigenvalue weighted by Crippen LogP contribution is 2.03. The summed E-state index contributed by atoms with van der Waals surface area (Å²) >= 11 is 0. The van der Waals surface area contributed by atoms with E-state index in [2.05, 4.69) is 29.5 Å². The minimum Gasteiger partial charge on any atom is -0.304 e. The fourth-order valence-corrected chi connectivity index (χ4v) is 2.05. The van der Waals surface area contributed by atoms with E-state index < -0.39 is 0 Å². The molecule has 0 radical (unpaired) electrons. The lowest BCUT2D eigenvalue weighted by molar-refractivity contribution is -0.126. The third kappa shape index (κ3) is 4.13. The second-order valence-corrected chi connectivity index (χ2v) is 4.81. The highest BCUT2D eigenvalue weighted by atomic mass is 16.2. The second-order valence-electron chi connectivity index (χ2n) is 4.81. The van der Waals surface area contributed by atoms with Gasteiger partial charge in [-0.1, -0.05) is 30.3 Å². The molecule has 1 saturated heterocycles. The first-order chi connectivity index (χ1) is 8.74. The molecule has 1 fully saturated rings. The van der Waals surface area contributed by atoms with E-state index in [1.165, 1.54) is 5.56 Å². The molecule has 0 aromatic heterocycles. The van der Waals surface area contributed by atoms with E-state index in [1.807, 2.05) is 23.2 Å². The summed E-state index contributed by atoms with van der Waals surface area (Å²) in [6.45, 7) is 3.85. The van der Waals surface area contributed by atoms with Crippen LogP contribution in [0, 0.1) is 0 Å².